The van der Waals surface area contributed by atoms with Gasteiger partial charge in [0.15, 0.2) is 0 Å². The summed E-state index contributed by atoms with van der Waals surface area (Å²) in [5.74, 6) is -0.353. The summed E-state index contributed by atoms with van der Waals surface area (Å²) in [4.78, 5) is 23.5. The van der Waals surface area contributed by atoms with Crippen molar-refractivity contribution in [2.24, 2.45) is 17.6 Å². The number of nitrogens with two attached hydrogens (primary N) is 1. The molecule has 1 rings (SSSR count). The Labute approximate surface area is 114 Å². The van der Waals surface area contributed by atoms with Crippen molar-refractivity contribution in [3.63, 3.8) is 0 Å². The van der Waals surface area contributed by atoms with E-state index in [2.05, 4.69) is 10.1 Å². The number of halogens is 1. The predicted octanol–water partition coefficient (Wildman–Crippen LogP) is 0.851. The van der Waals surface area contributed by atoms with Crippen LogP contribution in [0, 0.1) is 11.8 Å². The van der Waals surface area contributed by atoms with Gasteiger partial charge in [-0.3, -0.25) is 4.79 Å². The number of nitrogens with one attached hydrogen (secondary N) is 1. The first-order valence-electron chi connectivity index (χ1n) is 6.03. The minimum Gasteiger partial charge on any atom is -0.467 e. The van der Waals surface area contributed by atoms with Crippen molar-refractivity contribution in [2.45, 2.75) is 38.6 Å². The van der Waals surface area contributed by atoms with Crippen molar-refractivity contribution < 1.29 is 14.3 Å². The van der Waals surface area contributed by atoms with Gasteiger partial charge in [0, 0.05) is 5.92 Å². The molecule has 0 aromatic carbocycles. The Kier molecular flexibility index (Phi) is 6.63. The molecule has 1 amide bonds. The van der Waals surface area contributed by atoms with E-state index in [4.69, 9.17) is 5.73 Å². The minimum atomic E-state index is -0.979. The largest absolute Gasteiger partial charge is 0.467 e. The van der Waals surface area contributed by atoms with E-state index in [1.807, 2.05) is 0 Å². The van der Waals surface area contributed by atoms with E-state index in [0.717, 1.165) is 19.3 Å². The van der Waals surface area contributed by atoms with Gasteiger partial charge in [0.1, 0.15) is 5.54 Å². The van der Waals surface area contributed by atoms with E-state index >= 15 is 0 Å². The molecule has 0 aliphatic heterocycles. The molecule has 2 atom stereocenters. The molecule has 6 heteroatoms. The quantitative estimate of drug-likeness (QED) is 0.747. The van der Waals surface area contributed by atoms with Gasteiger partial charge in [0.2, 0.25) is 5.91 Å². The van der Waals surface area contributed by atoms with E-state index in [1.54, 1.807) is 13.8 Å². The molecule has 0 spiro atoms. The number of ether oxygens (including phenoxy) is 1. The Balaban J connectivity index is 0.00000289. The van der Waals surface area contributed by atoms with Crippen molar-refractivity contribution in [1.29, 1.82) is 0 Å². The fraction of sp³-hybridized carbons (Fsp3) is 0.833. The van der Waals surface area contributed by atoms with Gasteiger partial charge in [-0.2, -0.15) is 0 Å². The van der Waals surface area contributed by atoms with Crippen LogP contribution in [0.2, 0.25) is 0 Å². The summed E-state index contributed by atoms with van der Waals surface area (Å²) in [7, 11) is 1.31. The molecule has 5 nitrogen and oxygen atoms in total. The Morgan fingerprint density at radius 1 is 1.39 bits per heavy atom. The zero-order valence-corrected chi connectivity index (χ0v) is 12.0. The van der Waals surface area contributed by atoms with Crippen LogP contribution in [-0.4, -0.2) is 31.1 Å². The predicted molar refractivity (Wildman–Crippen MR) is 71.4 cm³/mol. The van der Waals surface area contributed by atoms with Crippen LogP contribution in [0.4, 0.5) is 0 Å². The van der Waals surface area contributed by atoms with Gasteiger partial charge in [-0.15, -0.1) is 12.4 Å². The van der Waals surface area contributed by atoms with Gasteiger partial charge in [-0.05, 0) is 39.2 Å². The lowest BCUT2D eigenvalue weighted by molar-refractivity contribution is -0.150. The van der Waals surface area contributed by atoms with Crippen molar-refractivity contribution >= 4 is 24.3 Å². The van der Waals surface area contributed by atoms with Gasteiger partial charge in [0.05, 0.1) is 7.11 Å². The summed E-state index contributed by atoms with van der Waals surface area (Å²) >= 11 is 0. The second-order valence-corrected chi connectivity index (χ2v) is 5.14. The van der Waals surface area contributed by atoms with E-state index in [1.165, 1.54) is 7.11 Å². The molecule has 0 aromatic rings. The second-order valence-electron chi connectivity index (χ2n) is 5.14. The highest BCUT2D eigenvalue weighted by Crippen LogP contribution is 2.31. The molecule has 3 N–H and O–H groups in total. The van der Waals surface area contributed by atoms with Crippen LogP contribution in [-0.2, 0) is 14.3 Å². The molecule has 1 aliphatic rings. The Morgan fingerprint density at radius 3 is 2.50 bits per heavy atom. The zero-order valence-electron chi connectivity index (χ0n) is 11.2. The van der Waals surface area contributed by atoms with Crippen LogP contribution in [0.5, 0.6) is 0 Å². The molecule has 0 unspecified atom stereocenters. The van der Waals surface area contributed by atoms with Gasteiger partial charge in [-0.1, -0.05) is 6.42 Å². The maximum atomic E-state index is 12.1. The summed E-state index contributed by atoms with van der Waals surface area (Å²) in [5, 5.41) is 2.74. The van der Waals surface area contributed by atoms with Crippen LogP contribution in [0.15, 0.2) is 0 Å². The van der Waals surface area contributed by atoms with Gasteiger partial charge in [-0.25, -0.2) is 4.79 Å². The molecule has 1 fully saturated rings. The van der Waals surface area contributed by atoms with Gasteiger partial charge in [0.25, 0.3) is 0 Å². The van der Waals surface area contributed by atoms with Crippen LogP contribution < -0.4 is 11.1 Å². The molecule has 0 heterocycles. The Morgan fingerprint density at radius 2 is 2.00 bits per heavy atom. The van der Waals surface area contributed by atoms with Crippen LogP contribution in [0.1, 0.15) is 33.1 Å². The third-order valence-corrected chi connectivity index (χ3v) is 3.43. The molecule has 0 radical (unpaired) electrons. The Bertz CT molecular complexity index is 308. The smallest absolute Gasteiger partial charge is 0.330 e. The lowest BCUT2D eigenvalue weighted by atomic mass is 9.94. The number of hydrogen-bond acceptors (Lipinski definition) is 4. The maximum absolute atomic E-state index is 12.1. The summed E-state index contributed by atoms with van der Waals surface area (Å²) in [5.41, 5.74) is 4.66. The number of esters is 1. The van der Waals surface area contributed by atoms with E-state index in [-0.39, 0.29) is 30.2 Å². The molecular formula is C12H23ClN2O3. The van der Waals surface area contributed by atoms with Crippen LogP contribution in [0.25, 0.3) is 0 Å². The Hall–Kier alpha value is -0.810. The highest BCUT2D eigenvalue weighted by atomic mass is 35.5. The number of rotatable bonds is 4. The van der Waals surface area contributed by atoms with Crippen molar-refractivity contribution in [3.8, 4) is 0 Å². The lowest BCUT2D eigenvalue weighted by Crippen LogP contribution is -2.52. The first kappa shape index (κ1) is 17.2. The van der Waals surface area contributed by atoms with Crippen LogP contribution >= 0.6 is 12.4 Å². The molecule has 1 saturated carbocycles. The third kappa shape index (κ3) is 3.85. The summed E-state index contributed by atoms with van der Waals surface area (Å²) in [6, 6.07) is 0. The highest BCUT2D eigenvalue weighted by Gasteiger charge is 2.37. The van der Waals surface area contributed by atoms with E-state index in [0.29, 0.717) is 6.54 Å². The second kappa shape index (κ2) is 6.95. The number of carbonyl (C=O) groups excluding carboxylic acids is 2. The van der Waals surface area contributed by atoms with Gasteiger partial charge < -0.3 is 15.8 Å². The standard InChI is InChI=1S/C12H22N2O3.ClH/c1-12(2,11(16)17-3)14-10(15)9-6-4-5-8(9)7-13;/h8-9H,4-7,13H2,1-3H3,(H,14,15);1H/t8-,9-;/m1./s1. The fourth-order valence-electron chi connectivity index (χ4n) is 2.37. The molecular weight excluding hydrogens is 256 g/mol. The summed E-state index contributed by atoms with van der Waals surface area (Å²) in [6.07, 6.45) is 2.87. The first-order valence-corrected chi connectivity index (χ1v) is 6.03. The highest BCUT2D eigenvalue weighted by molar-refractivity contribution is 5.88. The number of carbonyl (C=O) groups is 2. The number of hydrogen-bond donors (Lipinski definition) is 2. The number of methoxy groups -OCH3 is 1. The monoisotopic (exact) mass is 278 g/mol. The topological polar surface area (TPSA) is 81.4 Å². The zero-order chi connectivity index (χ0) is 13.1. The molecule has 18 heavy (non-hydrogen) atoms. The SMILES string of the molecule is COC(=O)C(C)(C)NC(=O)[C@@H]1CCC[C@@H]1CN.Cl. The summed E-state index contributed by atoms with van der Waals surface area (Å²) in [6.45, 7) is 3.81. The number of amides is 1. The van der Waals surface area contributed by atoms with E-state index < -0.39 is 11.5 Å². The normalized spacial score (nSPS) is 23.1. The average Bonchev–Trinajstić information content (AvgIpc) is 2.75. The van der Waals surface area contributed by atoms with Crippen LogP contribution in [0.3, 0.4) is 0 Å². The fourth-order valence-corrected chi connectivity index (χ4v) is 2.37. The molecule has 0 bridgehead atoms. The minimum absolute atomic E-state index is 0. The lowest BCUT2D eigenvalue weighted by Gasteiger charge is -2.26. The van der Waals surface area contributed by atoms with Crippen molar-refractivity contribution in [1.82, 2.24) is 5.32 Å². The molecule has 106 valence electrons. The van der Waals surface area contributed by atoms with Gasteiger partial charge >= 0.3 is 5.97 Å². The van der Waals surface area contributed by atoms with Crippen molar-refractivity contribution in [3.05, 3.63) is 0 Å². The molecule has 0 aromatic heterocycles. The van der Waals surface area contributed by atoms with Crippen molar-refractivity contribution in [2.75, 3.05) is 13.7 Å². The third-order valence-electron chi connectivity index (χ3n) is 3.43. The van der Waals surface area contributed by atoms with E-state index in [9.17, 15) is 9.59 Å². The molecule has 0 saturated heterocycles. The molecule has 1 aliphatic carbocycles. The summed E-state index contributed by atoms with van der Waals surface area (Å²) < 4.78 is 4.65. The maximum Gasteiger partial charge on any atom is 0.330 e. The average molecular weight is 279 g/mol. The first-order chi connectivity index (χ1) is 7.92.